The van der Waals surface area contributed by atoms with Crippen LogP contribution in [0.5, 0.6) is 0 Å². The molecule has 24 heavy (non-hydrogen) atoms. The number of rotatable bonds is 5. The second kappa shape index (κ2) is 8.16. The number of likely N-dealkylation sites (tertiary alicyclic amines) is 1. The van der Waals surface area contributed by atoms with Gasteiger partial charge in [-0.05, 0) is 38.0 Å². The molecule has 1 aromatic carbocycles. The van der Waals surface area contributed by atoms with Gasteiger partial charge >= 0.3 is 6.03 Å². The summed E-state index contributed by atoms with van der Waals surface area (Å²) in [6.07, 6.45) is -0.398. The topological polar surface area (TPSA) is 81.7 Å². The average molecular weight is 374 g/mol. The zero-order valence-electron chi connectivity index (χ0n) is 13.6. The molecule has 0 aliphatic carbocycles. The Morgan fingerprint density at radius 1 is 1.42 bits per heavy atom. The monoisotopic (exact) mass is 373 g/mol. The number of urea groups is 1. The highest BCUT2D eigenvalue weighted by Crippen LogP contribution is 2.23. The number of carbonyl (C=O) groups excluding carboxylic acids is 2. The van der Waals surface area contributed by atoms with Crippen molar-refractivity contribution in [2.75, 3.05) is 0 Å². The van der Waals surface area contributed by atoms with E-state index >= 15 is 0 Å². The Morgan fingerprint density at radius 2 is 2.12 bits per heavy atom. The number of hydrogen-bond donors (Lipinski definition) is 3. The third-order valence-electron chi connectivity index (χ3n) is 3.77. The number of hydrogen-bond acceptors (Lipinski definition) is 4. The summed E-state index contributed by atoms with van der Waals surface area (Å²) in [5.74, 6) is -0.288. The van der Waals surface area contributed by atoms with Gasteiger partial charge in [0.1, 0.15) is 6.23 Å². The van der Waals surface area contributed by atoms with E-state index < -0.39 is 18.3 Å². The number of benzene rings is 1. The lowest BCUT2D eigenvalue weighted by Crippen LogP contribution is -2.54. The molecule has 1 aliphatic rings. The van der Waals surface area contributed by atoms with Crippen LogP contribution in [0.15, 0.2) is 18.2 Å². The Labute approximate surface area is 151 Å². The van der Waals surface area contributed by atoms with Gasteiger partial charge in [-0.25, -0.2) is 4.79 Å². The van der Waals surface area contributed by atoms with Crippen molar-refractivity contribution in [1.29, 1.82) is 0 Å². The largest absolute Gasteiger partial charge is 0.376 e. The fourth-order valence-corrected chi connectivity index (χ4v) is 3.08. The number of nitrogens with zero attached hydrogens (tertiary/aromatic N) is 1. The summed E-state index contributed by atoms with van der Waals surface area (Å²) in [5.41, 5.74) is 0.766. The molecule has 1 unspecified atom stereocenters. The lowest BCUT2D eigenvalue weighted by molar-refractivity contribution is -0.127. The summed E-state index contributed by atoms with van der Waals surface area (Å²) in [6, 6.07) is 3.90. The minimum absolute atomic E-state index is 0.0930. The minimum atomic E-state index is -1.04. The Bertz CT molecular complexity index is 625. The van der Waals surface area contributed by atoms with E-state index in [-0.39, 0.29) is 18.4 Å². The molecule has 3 N–H and O–H groups in total. The zero-order valence-corrected chi connectivity index (χ0v) is 15.1. The summed E-state index contributed by atoms with van der Waals surface area (Å²) in [4.78, 5) is 25.2. The third kappa shape index (κ3) is 4.60. The first-order valence-corrected chi connectivity index (χ1v) is 8.53. The van der Waals surface area contributed by atoms with E-state index in [1.807, 2.05) is 13.8 Å². The second-order valence-electron chi connectivity index (χ2n) is 6.04. The van der Waals surface area contributed by atoms with Crippen LogP contribution in [-0.4, -0.2) is 40.3 Å². The molecule has 1 aromatic rings. The van der Waals surface area contributed by atoms with E-state index in [0.29, 0.717) is 23.0 Å². The molecule has 1 saturated heterocycles. The summed E-state index contributed by atoms with van der Waals surface area (Å²) < 4.78 is 0. The summed E-state index contributed by atoms with van der Waals surface area (Å²) in [5, 5.41) is 17.0. The van der Waals surface area contributed by atoms with E-state index in [4.69, 9.17) is 23.2 Å². The molecular formula is C16H21Cl2N3O3. The van der Waals surface area contributed by atoms with Crippen molar-refractivity contribution in [2.24, 2.45) is 0 Å². The fourth-order valence-electron chi connectivity index (χ4n) is 2.60. The third-order valence-corrected chi connectivity index (χ3v) is 4.35. The van der Waals surface area contributed by atoms with Crippen molar-refractivity contribution in [2.45, 2.75) is 51.5 Å². The number of halogens is 2. The zero-order chi connectivity index (χ0) is 17.9. The smallest absolute Gasteiger partial charge is 0.324 e. The Balaban J connectivity index is 2.00. The normalized spacial score (nSPS) is 19.0. The van der Waals surface area contributed by atoms with Gasteiger partial charge < -0.3 is 10.4 Å². The highest BCUT2D eigenvalue weighted by atomic mass is 35.5. The lowest BCUT2D eigenvalue weighted by Gasteiger charge is -2.28. The van der Waals surface area contributed by atoms with Gasteiger partial charge in [0.2, 0.25) is 5.91 Å². The van der Waals surface area contributed by atoms with Crippen LogP contribution in [0.1, 0.15) is 32.3 Å². The number of carbonyl (C=O) groups is 2. The fraction of sp³-hybridized carbons (Fsp3) is 0.500. The number of aliphatic hydroxyl groups is 1. The van der Waals surface area contributed by atoms with Gasteiger partial charge in [-0.1, -0.05) is 29.3 Å². The lowest BCUT2D eigenvalue weighted by atomic mass is 10.1. The summed E-state index contributed by atoms with van der Waals surface area (Å²) in [6.45, 7) is 3.91. The molecule has 8 heteroatoms. The summed E-state index contributed by atoms with van der Waals surface area (Å²) >= 11 is 11.9. The first kappa shape index (κ1) is 19.0. The van der Waals surface area contributed by atoms with E-state index in [1.165, 1.54) is 0 Å². The van der Waals surface area contributed by atoms with E-state index in [0.717, 1.165) is 10.5 Å². The molecule has 132 valence electrons. The molecule has 0 aromatic heterocycles. The first-order chi connectivity index (χ1) is 11.3. The standard InChI is InChI=1S/C16H21Cl2N3O3/c1-9(2)20-16(24)21-13(5-6-14(21)22)15(23)19-8-10-3-4-11(17)7-12(10)18/h3-4,7,9,13,15,19,23H,5-6,8H2,1-2H3,(H,20,24)/t13-,15?/m0/s1. The van der Waals surface area contributed by atoms with Crippen molar-refractivity contribution in [3.8, 4) is 0 Å². The number of imide groups is 1. The Hall–Kier alpha value is -1.34. The highest BCUT2D eigenvalue weighted by Gasteiger charge is 2.40. The van der Waals surface area contributed by atoms with Crippen LogP contribution in [0.4, 0.5) is 4.79 Å². The number of amides is 3. The van der Waals surface area contributed by atoms with E-state index in [2.05, 4.69) is 10.6 Å². The molecule has 1 heterocycles. The van der Waals surface area contributed by atoms with Crippen LogP contribution >= 0.6 is 23.2 Å². The van der Waals surface area contributed by atoms with Crippen LogP contribution < -0.4 is 10.6 Å². The number of nitrogens with one attached hydrogen (secondary N) is 2. The predicted molar refractivity (Wildman–Crippen MR) is 92.8 cm³/mol. The Morgan fingerprint density at radius 3 is 2.75 bits per heavy atom. The van der Waals surface area contributed by atoms with Crippen molar-refractivity contribution in [3.63, 3.8) is 0 Å². The molecule has 0 spiro atoms. The van der Waals surface area contributed by atoms with Gasteiger partial charge in [-0.15, -0.1) is 0 Å². The molecule has 1 aliphatic heterocycles. The van der Waals surface area contributed by atoms with E-state index in [9.17, 15) is 14.7 Å². The molecule has 0 bridgehead atoms. The maximum atomic E-state index is 12.2. The maximum Gasteiger partial charge on any atom is 0.324 e. The van der Waals surface area contributed by atoms with Gasteiger partial charge in [-0.3, -0.25) is 15.0 Å². The van der Waals surface area contributed by atoms with Gasteiger partial charge in [0.05, 0.1) is 6.04 Å². The minimum Gasteiger partial charge on any atom is -0.376 e. The van der Waals surface area contributed by atoms with Crippen LogP contribution in [-0.2, 0) is 11.3 Å². The van der Waals surface area contributed by atoms with Crippen LogP contribution in [0.2, 0.25) is 10.0 Å². The maximum absolute atomic E-state index is 12.2. The van der Waals surface area contributed by atoms with Crippen LogP contribution in [0.3, 0.4) is 0 Å². The SMILES string of the molecule is CC(C)NC(=O)N1C(=O)CC[C@H]1C(O)NCc1ccc(Cl)cc1Cl. The molecule has 6 nitrogen and oxygen atoms in total. The highest BCUT2D eigenvalue weighted by molar-refractivity contribution is 6.35. The van der Waals surface area contributed by atoms with Crippen LogP contribution in [0.25, 0.3) is 0 Å². The predicted octanol–water partition coefficient (Wildman–Crippen LogP) is 2.51. The first-order valence-electron chi connectivity index (χ1n) is 7.77. The molecule has 0 radical (unpaired) electrons. The number of aliphatic hydroxyl groups excluding tert-OH is 1. The molecule has 2 atom stereocenters. The van der Waals surface area contributed by atoms with Crippen molar-refractivity contribution in [3.05, 3.63) is 33.8 Å². The average Bonchev–Trinajstić information content (AvgIpc) is 2.87. The van der Waals surface area contributed by atoms with Crippen LogP contribution in [0, 0.1) is 0 Å². The quantitative estimate of drug-likeness (QED) is 0.692. The van der Waals surface area contributed by atoms with E-state index in [1.54, 1.807) is 18.2 Å². The van der Waals surface area contributed by atoms with Gasteiger partial charge in [0.25, 0.3) is 0 Å². The molecule has 1 fully saturated rings. The second-order valence-corrected chi connectivity index (χ2v) is 6.88. The van der Waals surface area contributed by atoms with Crippen molar-refractivity contribution in [1.82, 2.24) is 15.5 Å². The molecule has 2 rings (SSSR count). The van der Waals surface area contributed by atoms with Gasteiger partial charge in [0.15, 0.2) is 0 Å². The Kier molecular flexibility index (Phi) is 6.46. The van der Waals surface area contributed by atoms with Crippen molar-refractivity contribution < 1.29 is 14.7 Å². The molecular weight excluding hydrogens is 353 g/mol. The molecule has 3 amide bonds. The van der Waals surface area contributed by atoms with Gasteiger partial charge in [0, 0.05) is 29.1 Å². The van der Waals surface area contributed by atoms with Crippen molar-refractivity contribution >= 4 is 35.1 Å². The molecule has 0 saturated carbocycles. The summed E-state index contributed by atoms with van der Waals surface area (Å²) in [7, 11) is 0. The van der Waals surface area contributed by atoms with Gasteiger partial charge in [-0.2, -0.15) is 0 Å².